The van der Waals surface area contributed by atoms with Crippen molar-refractivity contribution in [1.82, 2.24) is 10.2 Å². The van der Waals surface area contributed by atoms with Crippen molar-refractivity contribution in [2.75, 3.05) is 24.5 Å². The Kier molecular flexibility index (Phi) is 5.64. The average molecular weight is 434 g/mol. The molecule has 1 unspecified atom stereocenters. The van der Waals surface area contributed by atoms with Gasteiger partial charge in [-0.05, 0) is 42.5 Å². The second-order valence-corrected chi connectivity index (χ2v) is 9.31. The van der Waals surface area contributed by atoms with Gasteiger partial charge in [0.2, 0.25) is 5.91 Å². The Morgan fingerprint density at radius 1 is 1.03 bits per heavy atom. The fourth-order valence-corrected chi connectivity index (χ4v) is 5.87. The van der Waals surface area contributed by atoms with Crippen LogP contribution in [0.25, 0.3) is 0 Å². The fraction of sp³-hybridized carbons (Fsp3) is 0.462. The molecular formula is C26H31N3O3. The molecule has 0 aromatic heterocycles. The van der Waals surface area contributed by atoms with Gasteiger partial charge in [0.15, 0.2) is 0 Å². The van der Waals surface area contributed by atoms with Crippen LogP contribution >= 0.6 is 0 Å². The van der Waals surface area contributed by atoms with Gasteiger partial charge in [0.05, 0.1) is 12.0 Å². The number of anilines is 1. The molecule has 2 heterocycles. The van der Waals surface area contributed by atoms with Gasteiger partial charge in [-0.2, -0.15) is 0 Å². The maximum atomic E-state index is 13.3. The summed E-state index contributed by atoms with van der Waals surface area (Å²) in [7, 11) is 0. The maximum absolute atomic E-state index is 13.3. The highest BCUT2D eigenvalue weighted by atomic mass is 16.3. The topological polar surface area (TPSA) is 72.9 Å². The predicted molar refractivity (Wildman–Crippen MR) is 123 cm³/mol. The second-order valence-electron chi connectivity index (χ2n) is 9.31. The van der Waals surface area contributed by atoms with E-state index in [9.17, 15) is 14.7 Å². The van der Waals surface area contributed by atoms with Gasteiger partial charge in [-0.15, -0.1) is 0 Å². The van der Waals surface area contributed by atoms with Crippen LogP contribution in [-0.2, 0) is 16.8 Å². The minimum absolute atomic E-state index is 0.0728. The minimum atomic E-state index is -0.860. The summed E-state index contributed by atoms with van der Waals surface area (Å²) < 4.78 is 0. The van der Waals surface area contributed by atoms with Crippen molar-refractivity contribution in [2.24, 2.45) is 5.92 Å². The van der Waals surface area contributed by atoms with Gasteiger partial charge in [-0.3, -0.25) is 9.69 Å². The van der Waals surface area contributed by atoms with Gasteiger partial charge in [-0.25, -0.2) is 4.79 Å². The second kappa shape index (κ2) is 8.58. The molecule has 3 aliphatic rings. The zero-order valence-corrected chi connectivity index (χ0v) is 18.4. The lowest BCUT2D eigenvalue weighted by Crippen LogP contribution is -2.59. The summed E-state index contributed by atoms with van der Waals surface area (Å²) in [6, 6.07) is 17.7. The lowest BCUT2D eigenvalue weighted by atomic mass is 9.66. The summed E-state index contributed by atoms with van der Waals surface area (Å²) in [6.45, 7) is 1.90. The number of rotatable bonds is 4. The monoisotopic (exact) mass is 433 g/mol. The molecule has 1 saturated carbocycles. The standard InChI is InChI=1S/C26H31N3O3/c30-24(18-19-10-12-21(13-11-19)28-17-15-27-25(28)31)29-16-14-26(32,20-6-2-1-3-7-20)22-8-4-5-9-23(22)29/h1-3,6-7,10-13,22-23,32H,4-5,8-9,14-18H2,(H,27,31)/t22-,23+,26?/m0/s1. The number of amides is 3. The normalized spacial score (nSPS) is 27.7. The first-order chi connectivity index (χ1) is 15.6. The Labute approximate surface area is 189 Å². The van der Waals surface area contributed by atoms with E-state index in [0.29, 0.717) is 32.5 Å². The molecule has 168 valence electrons. The maximum Gasteiger partial charge on any atom is 0.321 e. The molecule has 0 spiro atoms. The van der Waals surface area contributed by atoms with E-state index < -0.39 is 5.60 Å². The largest absolute Gasteiger partial charge is 0.385 e. The van der Waals surface area contributed by atoms with Gasteiger partial charge in [0.25, 0.3) is 0 Å². The highest BCUT2D eigenvalue weighted by Crippen LogP contribution is 2.47. The van der Waals surface area contributed by atoms with Crippen LogP contribution in [0.2, 0.25) is 0 Å². The zero-order valence-electron chi connectivity index (χ0n) is 18.4. The third-order valence-electron chi connectivity index (χ3n) is 7.53. The van der Waals surface area contributed by atoms with Crippen molar-refractivity contribution in [3.05, 3.63) is 65.7 Å². The smallest absolute Gasteiger partial charge is 0.321 e. The number of benzene rings is 2. The number of piperidine rings is 1. The Balaban J connectivity index is 1.31. The van der Waals surface area contributed by atoms with Crippen LogP contribution in [0.1, 0.15) is 43.2 Å². The number of nitrogens with zero attached hydrogens (tertiary/aromatic N) is 2. The molecule has 2 N–H and O–H groups in total. The molecule has 2 aliphatic heterocycles. The molecule has 3 atom stereocenters. The Morgan fingerprint density at radius 3 is 2.50 bits per heavy atom. The third kappa shape index (κ3) is 3.77. The number of fused-ring (bicyclic) bond motifs is 1. The van der Waals surface area contributed by atoms with Crippen molar-refractivity contribution >= 4 is 17.6 Å². The van der Waals surface area contributed by atoms with Crippen LogP contribution in [0.4, 0.5) is 10.5 Å². The van der Waals surface area contributed by atoms with Crippen LogP contribution in [-0.4, -0.2) is 47.6 Å². The van der Waals surface area contributed by atoms with E-state index in [2.05, 4.69) is 5.32 Å². The molecule has 6 nitrogen and oxygen atoms in total. The van der Waals surface area contributed by atoms with E-state index in [1.807, 2.05) is 59.5 Å². The van der Waals surface area contributed by atoms with E-state index >= 15 is 0 Å². The van der Waals surface area contributed by atoms with Gasteiger partial charge in [-0.1, -0.05) is 55.3 Å². The van der Waals surface area contributed by atoms with E-state index in [1.54, 1.807) is 4.90 Å². The fourth-order valence-electron chi connectivity index (χ4n) is 5.87. The van der Waals surface area contributed by atoms with Crippen LogP contribution in [0.5, 0.6) is 0 Å². The highest BCUT2D eigenvalue weighted by molar-refractivity contribution is 5.94. The van der Waals surface area contributed by atoms with Crippen LogP contribution in [0.15, 0.2) is 54.6 Å². The first kappa shape index (κ1) is 21.0. The number of urea groups is 1. The quantitative estimate of drug-likeness (QED) is 0.776. The lowest BCUT2D eigenvalue weighted by molar-refractivity contribution is -0.154. The Hall–Kier alpha value is -2.86. The Morgan fingerprint density at radius 2 is 1.78 bits per heavy atom. The average Bonchev–Trinajstić information content (AvgIpc) is 3.26. The number of carbonyl (C=O) groups excluding carboxylic acids is 2. The van der Waals surface area contributed by atoms with Gasteiger partial charge in [0, 0.05) is 37.3 Å². The van der Waals surface area contributed by atoms with E-state index in [1.165, 1.54) is 0 Å². The SMILES string of the molecule is O=C1NCCN1c1ccc(CC(=O)N2CCC(O)(c3ccccc3)[C@H]3CCCC[C@H]32)cc1. The highest BCUT2D eigenvalue weighted by Gasteiger charge is 2.50. The number of hydrogen-bond donors (Lipinski definition) is 2. The molecule has 3 amide bonds. The van der Waals surface area contributed by atoms with E-state index in [0.717, 1.165) is 42.5 Å². The summed E-state index contributed by atoms with van der Waals surface area (Å²) in [5.41, 5.74) is 1.93. The number of aliphatic hydroxyl groups is 1. The first-order valence-electron chi connectivity index (χ1n) is 11.8. The number of likely N-dealkylation sites (tertiary alicyclic amines) is 1. The molecule has 0 radical (unpaired) electrons. The summed E-state index contributed by atoms with van der Waals surface area (Å²) in [4.78, 5) is 28.9. The number of hydrogen-bond acceptors (Lipinski definition) is 3. The third-order valence-corrected chi connectivity index (χ3v) is 7.53. The van der Waals surface area contributed by atoms with Gasteiger partial charge in [0.1, 0.15) is 0 Å². The lowest BCUT2D eigenvalue weighted by Gasteiger charge is -2.52. The van der Waals surface area contributed by atoms with Crippen molar-refractivity contribution in [3.63, 3.8) is 0 Å². The Bertz CT molecular complexity index is 978. The van der Waals surface area contributed by atoms with E-state index in [-0.39, 0.29) is 23.9 Å². The van der Waals surface area contributed by atoms with Crippen molar-refractivity contribution < 1.29 is 14.7 Å². The predicted octanol–water partition coefficient (Wildman–Crippen LogP) is 3.44. The summed E-state index contributed by atoms with van der Waals surface area (Å²) >= 11 is 0. The summed E-state index contributed by atoms with van der Waals surface area (Å²) in [5, 5.41) is 14.5. The van der Waals surface area contributed by atoms with Crippen molar-refractivity contribution in [1.29, 1.82) is 0 Å². The molecule has 1 aliphatic carbocycles. The van der Waals surface area contributed by atoms with Gasteiger partial charge >= 0.3 is 6.03 Å². The number of nitrogens with one attached hydrogen (secondary N) is 1. The molecule has 5 rings (SSSR count). The molecule has 6 heteroatoms. The minimum Gasteiger partial charge on any atom is -0.385 e. The first-order valence-corrected chi connectivity index (χ1v) is 11.8. The van der Waals surface area contributed by atoms with Crippen molar-refractivity contribution in [2.45, 2.75) is 50.2 Å². The van der Waals surface area contributed by atoms with Crippen LogP contribution < -0.4 is 10.2 Å². The van der Waals surface area contributed by atoms with Gasteiger partial charge < -0.3 is 15.3 Å². The molecule has 32 heavy (non-hydrogen) atoms. The van der Waals surface area contributed by atoms with Crippen LogP contribution in [0, 0.1) is 5.92 Å². The zero-order chi connectivity index (χ0) is 22.1. The molecule has 3 fully saturated rings. The molecule has 2 saturated heterocycles. The number of carbonyl (C=O) groups is 2. The van der Waals surface area contributed by atoms with Crippen LogP contribution in [0.3, 0.4) is 0 Å². The summed E-state index contributed by atoms with van der Waals surface area (Å²) in [5.74, 6) is 0.205. The molecular weight excluding hydrogens is 402 g/mol. The molecule has 2 aromatic carbocycles. The molecule has 2 aromatic rings. The summed E-state index contributed by atoms with van der Waals surface area (Å²) in [6.07, 6.45) is 5.03. The molecule has 0 bridgehead atoms. The van der Waals surface area contributed by atoms with Crippen molar-refractivity contribution in [3.8, 4) is 0 Å². The van der Waals surface area contributed by atoms with E-state index in [4.69, 9.17) is 0 Å².